The first-order valence-electron chi connectivity index (χ1n) is 7.16. The lowest BCUT2D eigenvalue weighted by molar-refractivity contribution is -0.145. The van der Waals surface area contributed by atoms with Crippen molar-refractivity contribution >= 4 is 11.8 Å². The Balaban J connectivity index is 2.14. The zero-order valence-corrected chi connectivity index (χ0v) is 11.4. The number of hydrogen-bond acceptors (Lipinski definition) is 3. The predicted molar refractivity (Wildman–Crippen MR) is 69.7 cm³/mol. The van der Waals surface area contributed by atoms with Crippen LogP contribution < -0.4 is 5.73 Å². The number of carbonyl (C=O) groups excluding carboxylic acids is 2. The third kappa shape index (κ3) is 2.07. The number of amides is 2. The van der Waals surface area contributed by atoms with Gasteiger partial charge in [0.25, 0.3) is 0 Å². The summed E-state index contributed by atoms with van der Waals surface area (Å²) in [6, 6.07) is 0.348. The highest BCUT2D eigenvalue weighted by atomic mass is 16.2. The number of likely N-dealkylation sites (tertiary alicyclic amines) is 1. The topological polar surface area (TPSA) is 63.4 Å². The lowest BCUT2D eigenvalue weighted by Crippen LogP contribution is -2.45. The van der Waals surface area contributed by atoms with Gasteiger partial charge in [0, 0.05) is 18.5 Å². The van der Waals surface area contributed by atoms with Crippen molar-refractivity contribution in [1.29, 1.82) is 0 Å². The second kappa shape index (κ2) is 5.00. The van der Waals surface area contributed by atoms with E-state index >= 15 is 0 Å². The van der Waals surface area contributed by atoms with Crippen LogP contribution in [0.3, 0.4) is 0 Å². The highest BCUT2D eigenvalue weighted by molar-refractivity contribution is 6.06. The van der Waals surface area contributed by atoms with Crippen molar-refractivity contribution in [1.82, 2.24) is 4.90 Å². The third-order valence-corrected chi connectivity index (χ3v) is 4.89. The molecule has 1 aliphatic carbocycles. The minimum atomic E-state index is -0.420. The van der Waals surface area contributed by atoms with Crippen LogP contribution in [0, 0.1) is 5.41 Å². The van der Waals surface area contributed by atoms with Crippen LogP contribution in [0.2, 0.25) is 0 Å². The molecule has 2 rings (SSSR count). The Morgan fingerprint density at radius 1 is 1.17 bits per heavy atom. The van der Waals surface area contributed by atoms with Crippen LogP contribution >= 0.6 is 0 Å². The van der Waals surface area contributed by atoms with Gasteiger partial charge in [0.05, 0.1) is 5.41 Å². The van der Waals surface area contributed by atoms with Gasteiger partial charge >= 0.3 is 0 Å². The van der Waals surface area contributed by atoms with Gasteiger partial charge in [-0.05, 0) is 38.5 Å². The van der Waals surface area contributed by atoms with E-state index in [2.05, 4.69) is 0 Å². The Kier molecular flexibility index (Phi) is 3.76. The van der Waals surface area contributed by atoms with Crippen LogP contribution in [0.4, 0.5) is 0 Å². The van der Waals surface area contributed by atoms with Crippen molar-refractivity contribution in [3.05, 3.63) is 0 Å². The van der Waals surface area contributed by atoms with E-state index in [1.807, 2.05) is 13.8 Å². The molecule has 0 aromatic heterocycles. The van der Waals surface area contributed by atoms with E-state index in [1.54, 1.807) is 4.90 Å². The minimum absolute atomic E-state index is 0.0316. The highest BCUT2D eigenvalue weighted by Gasteiger charge is 2.51. The van der Waals surface area contributed by atoms with Gasteiger partial charge in [-0.3, -0.25) is 14.5 Å². The van der Waals surface area contributed by atoms with Gasteiger partial charge in [0.15, 0.2) is 0 Å². The summed E-state index contributed by atoms with van der Waals surface area (Å²) in [6.07, 6.45) is 5.53. The average Bonchev–Trinajstić information content (AvgIpc) is 2.63. The quantitative estimate of drug-likeness (QED) is 0.779. The summed E-state index contributed by atoms with van der Waals surface area (Å²) in [5.74, 6) is 0.0992. The SMILES string of the molecule is CCC1(CC)CC(=O)N(C2CCC(N)CC2)C1=O. The molecule has 0 bridgehead atoms. The van der Waals surface area contributed by atoms with E-state index in [-0.39, 0.29) is 23.9 Å². The minimum Gasteiger partial charge on any atom is -0.328 e. The fourth-order valence-electron chi connectivity index (χ4n) is 3.35. The van der Waals surface area contributed by atoms with Gasteiger partial charge in [-0.25, -0.2) is 0 Å². The summed E-state index contributed by atoms with van der Waals surface area (Å²) in [5.41, 5.74) is 5.46. The van der Waals surface area contributed by atoms with Gasteiger partial charge < -0.3 is 5.73 Å². The molecule has 0 aromatic rings. The standard InChI is InChI=1S/C14H24N2O2/c1-3-14(4-2)9-12(17)16(13(14)18)11-7-5-10(15)6-8-11/h10-11H,3-9,15H2,1-2H3. The van der Waals surface area contributed by atoms with E-state index in [0.717, 1.165) is 38.5 Å². The average molecular weight is 252 g/mol. The van der Waals surface area contributed by atoms with Gasteiger partial charge in [0.2, 0.25) is 11.8 Å². The Labute approximate surface area is 109 Å². The maximum atomic E-state index is 12.6. The fraction of sp³-hybridized carbons (Fsp3) is 0.857. The summed E-state index contributed by atoms with van der Waals surface area (Å²) < 4.78 is 0. The molecule has 0 atom stereocenters. The van der Waals surface area contributed by atoms with Crippen molar-refractivity contribution in [2.45, 2.75) is 70.9 Å². The van der Waals surface area contributed by atoms with Crippen molar-refractivity contribution in [3.63, 3.8) is 0 Å². The maximum Gasteiger partial charge on any atom is 0.236 e. The largest absolute Gasteiger partial charge is 0.328 e. The van der Waals surface area contributed by atoms with E-state index < -0.39 is 5.41 Å². The van der Waals surface area contributed by atoms with Crippen LogP contribution in [-0.2, 0) is 9.59 Å². The second-order valence-corrected chi connectivity index (χ2v) is 5.80. The third-order valence-electron chi connectivity index (χ3n) is 4.89. The van der Waals surface area contributed by atoms with Crippen LogP contribution in [0.25, 0.3) is 0 Å². The molecule has 102 valence electrons. The van der Waals surface area contributed by atoms with Crippen LogP contribution in [0.1, 0.15) is 58.8 Å². The maximum absolute atomic E-state index is 12.6. The number of rotatable bonds is 3. The number of nitrogens with zero attached hydrogens (tertiary/aromatic N) is 1. The first kappa shape index (κ1) is 13.5. The normalized spacial score (nSPS) is 32.1. The summed E-state index contributed by atoms with van der Waals surface area (Å²) in [6.45, 7) is 4.02. The summed E-state index contributed by atoms with van der Waals surface area (Å²) in [7, 11) is 0. The first-order valence-corrected chi connectivity index (χ1v) is 7.16. The van der Waals surface area contributed by atoms with Crippen LogP contribution in [0.5, 0.6) is 0 Å². The fourth-order valence-corrected chi connectivity index (χ4v) is 3.35. The second-order valence-electron chi connectivity index (χ2n) is 5.80. The lowest BCUT2D eigenvalue weighted by atomic mass is 9.80. The van der Waals surface area contributed by atoms with Gasteiger partial charge in [-0.2, -0.15) is 0 Å². The molecule has 4 nitrogen and oxygen atoms in total. The molecule has 0 aromatic carbocycles. The Hall–Kier alpha value is -0.900. The molecular weight excluding hydrogens is 228 g/mol. The molecule has 1 heterocycles. The molecule has 2 aliphatic rings. The molecule has 1 saturated carbocycles. The smallest absolute Gasteiger partial charge is 0.236 e. The Bertz CT molecular complexity index is 342. The summed E-state index contributed by atoms with van der Waals surface area (Å²) in [5, 5.41) is 0. The molecule has 18 heavy (non-hydrogen) atoms. The predicted octanol–water partition coefficient (Wildman–Crippen LogP) is 1.82. The molecule has 0 spiro atoms. The van der Waals surface area contributed by atoms with Crippen molar-refractivity contribution in [3.8, 4) is 0 Å². The summed E-state index contributed by atoms with van der Waals surface area (Å²) in [4.78, 5) is 26.3. The zero-order chi connectivity index (χ0) is 13.3. The molecule has 0 radical (unpaired) electrons. The zero-order valence-electron chi connectivity index (χ0n) is 11.4. The van der Waals surface area contributed by atoms with E-state index in [1.165, 1.54) is 0 Å². The van der Waals surface area contributed by atoms with E-state index in [0.29, 0.717) is 6.42 Å². The van der Waals surface area contributed by atoms with Crippen molar-refractivity contribution < 1.29 is 9.59 Å². The molecule has 2 amide bonds. The lowest BCUT2D eigenvalue weighted by Gasteiger charge is -2.33. The molecular formula is C14H24N2O2. The van der Waals surface area contributed by atoms with Crippen molar-refractivity contribution in [2.24, 2.45) is 11.1 Å². The van der Waals surface area contributed by atoms with Crippen LogP contribution in [0.15, 0.2) is 0 Å². The van der Waals surface area contributed by atoms with E-state index in [9.17, 15) is 9.59 Å². The number of hydrogen-bond donors (Lipinski definition) is 1. The molecule has 1 aliphatic heterocycles. The first-order chi connectivity index (χ1) is 8.54. The molecule has 4 heteroatoms. The number of nitrogens with two attached hydrogens (primary N) is 1. The number of imide groups is 1. The number of carbonyl (C=O) groups is 2. The van der Waals surface area contributed by atoms with Gasteiger partial charge in [-0.15, -0.1) is 0 Å². The van der Waals surface area contributed by atoms with Gasteiger partial charge in [0.1, 0.15) is 0 Å². The van der Waals surface area contributed by atoms with E-state index in [4.69, 9.17) is 5.73 Å². The molecule has 0 unspecified atom stereocenters. The molecule has 1 saturated heterocycles. The van der Waals surface area contributed by atoms with Crippen LogP contribution in [-0.4, -0.2) is 28.8 Å². The molecule has 2 fully saturated rings. The van der Waals surface area contributed by atoms with Gasteiger partial charge in [-0.1, -0.05) is 13.8 Å². The molecule has 2 N–H and O–H groups in total. The van der Waals surface area contributed by atoms with Crippen molar-refractivity contribution in [2.75, 3.05) is 0 Å². The highest BCUT2D eigenvalue weighted by Crippen LogP contribution is 2.41. The monoisotopic (exact) mass is 252 g/mol. The summed E-state index contributed by atoms with van der Waals surface area (Å²) >= 11 is 0. The Morgan fingerprint density at radius 2 is 1.72 bits per heavy atom. The Morgan fingerprint density at radius 3 is 2.17 bits per heavy atom.